The molecule has 0 bridgehead atoms. The second-order valence-electron chi connectivity index (χ2n) is 7.23. The van der Waals surface area contributed by atoms with Crippen molar-refractivity contribution in [3.8, 4) is 11.3 Å². The molecule has 29 heavy (non-hydrogen) atoms. The number of aromatic amines is 1. The number of aromatic nitrogens is 4. The van der Waals surface area contributed by atoms with Gasteiger partial charge in [-0.3, -0.25) is 4.98 Å². The Kier molecular flexibility index (Phi) is 4.92. The fraction of sp³-hybridized carbons (Fsp3) is 0.261. The molecule has 6 nitrogen and oxygen atoms in total. The van der Waals surface area contributed by atoms with Gasteiger partial charge >= 0.3 is 0 Å². The second kappa shape index (κ2) is 8.01. The molecular weight excluding hydrogens is 362 g/mol. The number of benzene rings is 1. The molecule has 0 radical (unpaired) electrons. The van der Waals surface area contributed by atoms with Crippen molar-refractivity contribution in [1.29, 1.82) is 0 Å². The maximum atomic E-state index is 5.52. The monoisotopic (exact) mass is 385 g/mol. The lowest BCUT2D eigenvalue weighted by Gasteiger charge is -2.28. The highest BCUT2D eigenvalue weighted by molar-refractivity contribution is 5.94. The SMILES string of the molecule is c1cncc(CCc2nc(-c3cccc4[nH]ccc34)cc(N3CCOCC3)n2)c1. The van der Waals surface area contributed by atoms with Gasteiger partial charge in [-0.05, 0) is 30.2 Å². The lowest BCUT2D eigenvalue weighted by atomic mass is 10.1. The summed E-state index contributed by atoms with van der Waals surface area (Å²) in [4.78, 5) is 19.6. The largest absolute Gasteiger partial charge is 0.378 e. The zero-order valence-electron chi connectivity index (χ0n) is 16.2. The highest BCUT2D eigenvalue weighted by atomic mass is 16.5. The van der Waals surface area contributed by atoms with Gasteiger partial charge in [-0.2, -0.15) is 0 Å². The molecule has 0 amide bonds. The molecule has 6 heteroatoms. The Hall–Kier alpha value is -3.25. The number of anilines is 1. The van der Waals surface area contributed by atoms with Gasteiger partial charge in [0.15, 0.2) is 0 Å². The predicted octanol–water partition coefficient (Wildman–Crippen LogP) is 3.64. The fourth-order valence-electron chi connectivity index (χ4n) is 3.80. The van der Waals surface area contributed by atoms with E-state index in [1.165, 1.54) is 10.9 Å². The van der Waals surface area contributed by atoms with E-state index in [1.54, 1.807) is 6.20 Å². The van der Waals surface area contributed by atoms with E-state index in [4.69, 9.17) is 14.7 Å². The van der Waals surface area contributed by atoms with Crippen molar-refractivity contribution in [3.05, 3.63) is 72.4 Å². The Morgan fingerprint density at radius 3 is 2.79 bits per heavy atom. The van der Waals surface area contributed by atoms with E-state index in [0.29, 0.717) is 0 Å². The Balaban J connectivity index is 1.53. The number of fused-ring (bicyclic) bond motifs is 1. The molecular formula is C23H23N5O. The van der Waals surface area contributed by atoms with Crippen molar-refractivity contribution in [3.63, 3.8) is 0 Å². The van der Waals surface area contributed by atoms with E-state index < -0.39 is 0 Å². The maximum Gasteiger partial charge on any atom is 0.133 e. The van der Waals surface area contributed by atoms with Crippen LogP contribution in [0.15, 0.2) is 61.1 Å². The summed E-state index contributed by atoms with van der Waals surface area (Å²) in [5.74, 6) is 1.84. The molecule has 1 aliphatic rings. The van der Waals surface area contributed by atoms with E-state index in [1.807, 2.05) is 18.5 Å². The minimum atomic E-state index is 0.734. The number of aryl methyl sites for hydroxylation is 2. The van der Waals surface area contributed by atoms with Crippen molar-refractivity contribution in [2.45, 2.75) is 12.8 Å². The van der Waals surface area contributed by atoms with Crippen LogP contribution in [-0.2, 0) is 17.6 Å². The molecule has 0 aliphatic carbocycles. The van der Waals surface area contributed by atoms with Crippen LogP contribution < -0.4 is 4.90 Å². The lowest BCUT2D eigenvalue weighted by molar-refractivity contribution is 0.122. The fourth-order valence-corrected chi connectivity index (χ4v) is 3.80. The molecule has 0 spiro atoms. The smallest absolute Gasteiger partial charge is 0.133 e. The van der Waals surface area contributed by atoms with Crippen molar-refractivity contribution < 1.29 is 4.74 Å². The molecule has 0 atom stereocenters. The number of H-pyrrole nitrogens is 1. The predicted molar refractivity (Wildman–Crippen MR) is 114 cm³/mol. The van der Waals surface area contributed by atoms with Crippen LogP contribution >= 0.6 is 0 Å². The van der Waals surface area contributed by atoms with Gasteiger partial charge < -0.3 is 14.6 Å². The van der Waals surface area contributed by atoms with Crippen LogP contribution in [0.5, 0.6) is 0 Å². The normalized spacial score (nSPS) is 14.4. The summed E-state index contributed by atoms with van der Waals surface area (Å²) < 4.78 is 5.52. The Labute approximate surface area is 169 Å². The van der Waals surface area contributed by atoms with Crippen LogP contribution in [0.25, 0.3) is 22.2 Å². The Morgan fingerprint density at radius 2 is 1.93 bits per heavy atom. The van der Waals surface area contributed by atoms with E-state index >= 15 is 0 Å². The average Bonchev–Trinajstić information content (AvgIpc) is 3.28. The van der Waals surface area contributed by atoms with E-state index in [-0.39, 0.29) is 0 Å². The second-order valence-corrected chi connectivity index (χ2v) is 7.23. The lowest BCUT2D eigenvalue weighted by Crippen LogP contribution is -2.37. The molecule has 0 saturated carbocycles. The third-order valence-electron chi connectivity index (χ3n) is 5.33. The van der Waals surface area contributed by atoms with Gasteiger partial charge in [0, 0.05) is 60.6 Å². The van der Waals surface area contributed by atoms with Gasteiger partial charge in [0.1, 0.15) is 11.6 Å². The number of rotatable bonds is 5. The standard InChI is InChI=1S/C23H23N5O/c1-4-18(19-8-10-25-20(19)5-1)21-15-23(28-11-13-29-14-12-28)27-22(26-21)7-6-17-3-2-9-24-16-17/h1-5,8-10,15-16,25H,6-7,11-14H2. The molecule has 146 valence electrons. The first kappa shape index (κ1) is 17.8. The molecule has 5 rings (SSSR count). The topological polar surface area (TPSA) is 66.9 Å². The molecule has 1 aromatic carbocycles. The molecule has 1 aliphatic heterocycles. The Bertz CT molecular complexity index is 1100. The number of hydrogen-bond donors (Lipinski definition) is 1. The molecule has 1 fully saturated rings. The van der Waals surface area contributed by atoms with Crippen molar-refractivity contribution >= 4 is 16.7 Å². The third kappa shape index (κ3) is 3.84. The molecule has 0 unspecified atom stereocenters. The number of nitrogens with zero attached hydrogens (tertiary/aromatic N) is 4. The van der Waals surface area contributed by atoms with E-state index in [0.717, 1.165) is 67.6 Å². The van der Waals surface area contributed by atoms with E-state index in [9.17, 15) is 0 Å². The van der Waals surface area contributed by atoms with Gasteiger partial charge in [0.25, 0.3) is 0 Å². The first-order valence-electron chi connectivity index (χ1n) is 10.0. The van der Waals surface area contributed by atoms with Crippen LogP contribution in [0, 0.1) is 0 Å². The Morgan fingerprint density at radius 1 is 1.00 bits per heavy atom. The molecule has 1 N–H and O–H groups in total. The van der Waals surface area contributed by atoms with Gasteiger partial charge in [-0.15, -0.1) is 0 Å². The molecule has 3 aromatic heterocycles. The van der Waals surface area contributed by atoms with Gasteiger partial charge in [-0.25, -0.2) is 9.97 Å². The quantitative estimate of drug-likeness (QED) is 0.568. The van der Waals surface area contributed by atoms with Crippen LogP contribution in [0.1, 0.15) is 11.4 Å². The van der Waals surface area contributed by atoms with Crippen LogP contribution in [0.2, 0.25) is 0 Å². The first-order valence-corrected chi connectivity index (χ1v) is 10.0. The summed E-state index contributed by atoms with van der Waals surface area (Å²) in [5.41, 5.74) is 4.41. The highest BCUT2D eigenvalue weighted by Gasteiger charge is 2.17. The summed E-state index contributed by atoms with van der Waals surface area (Å²) in [7, 11) is 0. The molecule has 4 heterocycles. The zero-order chi connectivity index (χ0) is 19.5. The number of morpholine rings is 1. The average molecular weight is 385 g/mol. The van der Waals surface area contributed by atoms with Crippen LogP contribution in [-0.4, -0.2) is 46.2 Å². The van der Waals surface area contributed by atoms with Gasteiger partial charge in [-0.1, -0.05) is 18.2 Å². The van der Waals surface area contributed by atoms with Crippen LogP contribution in [0.3, 0.4) is 0 Å². The van der Waals surface area contributed by atoms with Crippen molar-refractivity contribution in [1.82, 2.24) is 19.9 Å². The number of hydrogen-bond acceptors (Lipinski definition) is 5. The maximum absolute atomic E-state index is 5.52. The minimum absolute atomic E-state index is 0.734. The first-order chi connectivity index (χ1) is 14.4. The highest BCUT2D eigenvalue weighted by Crippen LogP contribution is 2.29. The zero-order valence-corrected chi connectivity index (χ0v) is 16.2. The summed E-state index contributed by atoms with van der Waals surface area (Å²) >= 11 is 0. The number of nitrogens with one attached hydrogen (secondary N) is 1. The summed E-state index contributed by atoms with van der Waals surface area (Å²) in [5, 5.41) is 1.18. The number of ether oxygens (including phenoxy) is 1. The van der Waals surface area contributed by atoms with E-state index in [2.05, 4.69) is 51.3 Å². The summed E-state index contributed by atoms with van der Waals surface area (Å²) in [6, 6.07) is 14.6. The number of pyridine rings is 1. The third-order valence-corrected chi connectivity index (χ3v) is 5.33. The van der Waals surface area contributed by atoms with Gasteiger partial charge in [0.2, 0.25) is 0 Å². The van der Waals surface area contributed by atoms with Crippen molar-refractivity contribution in [2.75, 3.05) is 31.2 Å². The minimum Gasteiger partial charge on any atom is -0.378 e. The molecule has 1 saturated heterocycles. The van der Waals surface area contributed by atoms with Gasteiger partial charge in [0.05, 0.1) is 18.9 Å². The van der Waals surface area contributed by atoms with Crippen molar-refractivity contribution in [2.24, 2.45) is 0 Å². The van der Waals surface area contributed by atoms with Crippen LogP contribution in [0.4, 0.5) is 5.82 Å². The molecule has 4 aromatic rings. The summed E-state index contributed by atoms with van der Waals surface area (Å²) in [6.07, 6.45) is 7.33. The summed E-state index contributed by atoms with van der Waals surface area (Å²) in [6.45, 7) is 3.18.